The van der Waals surface area contributed by atoms with E-state index >= 15 is 0 Å². The van der Waals surface area contributed by atoms with Crippen molar-refractivity contribution in [1.82, 2.24) is 0 Å². The third-order valence-electron chi connectivity index (χ3n) is 6.17. The molecule has 0 aromatic heterocycles. The molecule has 3 atom stereocenters. The van der Waals surface area contributed by atoms with E-state index in [2.05, 4.69) is 44.5 Å². The largest absolute Gasteiger partial charge is 0.481 e. The second kappa shape index (κ2) is 7.93. The average Bonchev–Trinajstić information content (AvgIpc) is 3.17. The molecule has 29 heavy (non-hydrogen) atoms. The Bertz CT molecular complexity index is 1030. The van der Waals surface area contributed by atoms with Crippen LogP contribution >= 0.6 is 31.9 Å². The number of allylic oxidation sites excluding steroid dienone is 1. The Balaban J connectivity index is 2.07. The maximum absolute atomic E-state index is 12.5. The molecule has 1 fully saturated rings. The summed E-state index contributed by atoms with van der Waals surface area (Å²) in [4.78, 5) is 12.5. The predicted octanol–water partition coefficient (Wildman–Crippen LogP) is 6.71. The van der Waals surface area contributed by atoms with Crippen LogP contribution in [0.25, 0.3) is 5.57 Å². The number of hydrogen-bond donors (Lipinski definition) is 1. The molecule has 0 radical (unpaired) electrons. The summed E-state index contributed by atoms with van der Waals surface area (Å²) < 4.78 is 0.689. The number of carboxylic acid groups (broad SMARTS) is 1. The first-order chi connectivity index (χ1) is 13.7. The second-order valence-electron chi connectivity index (χ2n) is 7.86. The van der Waals surface area contributed by atoms with E-state index in [0.29, 0.717) is 8.96 Å². The topological polar surface area (TPSA) is 61.1 Å². The zero-order valence-electron chi connectivity index (χ0n) is 16.2. The van der Waals surface area contributed by atoms with Crippen LogP contribution in [0.15, 0.2) is 70.6 Å². The molecule has 0 amide bonds. The number of nitriles is 1. The lowest BCUT2D eigenvalue weighted by molar-refractivity contribution is -0.145. The van der Waals surface area contributed by atoms with Gasteiger partial charge in [-0.15, -0.1) is 0 Å². The molecule has 2 aromatic carbocycles. The Morgan fingerprint density at radius 3 is 2.34 bits per heavy atom. The monoisotopic (exact) mass is 513 g/mol. The van der Waals surface area contributed by atoms with Crippen LogP contribution in [-0.4, -0.2) is 11.1 Å². The third kappa shape index (κ3) is 3.49. The maximum Gasteiger partial charge on any atom is 0.312 e. The summed E-state index contributed by atoms with van der Waals surface area (Å²) in [5, 5.41) is 20.3. The van der Waals surface area contributed by atoms with Crippen molar-refractivity contribution >= 4 is 43.4 Å². The predicted molar refractivity (Wildman–Crippen MR) is 123 cm³/mol. The van der Waals surface area contributed by atoms with Gasteiger partial charge in [0.05, 0.1) is 15.4 Å². The van der Waals surface area contributed by atoms with Crippen LogP contribution in [0.4, 0.5) is 0 Å². The molecule has 5 heteroatoms. The number of aliphatic carboxylic acids is 1. The van der Waals surface area contributed by atoms with E-state index < -0.39 is 22.7 Å². The molecule has 0 aliphatic heterocycles. The highest BCUT2D eigenvalue weighted by molar-refractivity contribution is 9.28. The molecule has 148 valence electrons. The molecule has 0 bridgehead atoms. The summed E-state index contributed by atoms with van der Waals surface area (Å²) in [7, 11) is 0. The first-order valence-corrected chi connectivity index (χ1v) is 10.8. The quantitative estimate of drug-likeness (QED) is 0.465. The molecule has 0 saturated heterocycles. The molecule has 3 nitrogen and oxygen atoms in total. The molecule has 0 heterocycles. The van der Waals surface area contributed by atoms with Gasteiger partial charge in [-0.1, -0.05) is 75.0 Å². The number of carbonyl (C=O) groups is 1. The van der Waals surface area contributed by atoms with Crippen molar-refractivity contribution in [3.8, 4) is 6.07 Å². The molecule has 1 aliphatic rings. The number of hydrogen-bond acceptors (Lipinski definition) is 2. The Hall–Kier alpha value is -2.16. The molecule has 0 spiro atoms. The average molecular weight is 515 g/mol. The molecule has 1 aliphatic carbocycles. The van der Waals surface area contributed by atoms with Crippen molar-refractivity contribution in [3.05, 3.63) is 87.3 Å². The molecule has 3 rings (SSSR count). The fraction of sp³-hybridized carbons (Fsp3) is 0.250. The highest BCUT2D eigenvalue weighted by atomic mass is 79.9. The van der Waals surface area contributed by atoms with Gasteiger partial charge in [0.25, 0.3) is 0 Å². The fourth-order valence-corrected chi connectivity index (χ4v) is 5.07. The molecule has 1 N–H and O–H groups in total. The van der Waals surface area contributed by atoms with E-state index in [1.807, 2.05) is 74.5 Å². The van der Waals surface area contributed by atoms with Gasteiger partial charge in [0.2, 0.25) is 0 Å². The van der Waals surface area contributed by atoms with Crippen LogP contribution in [-0.2, 0) is 4.79 Å². The van der Waals surface area contributed by atoms with Crippen LogP contribution in [0.1, 0.15) is 36.5 Å². The van der Waals surface area contributed by atoms with Gasteiger partial charge < -0.3 is 5.11 Å². The number of halogens is 2. The van der Waals surface area contributed by atoms with E-state index in [1.54, 1.807) is 0 Å². The standard InChI is InChI=1S/C24H21Br2NO2/c1-15(16-8-5-4-6-9-16)17-10-7-11-18(12-17)19(14-27)24(22(28)29)20(13-21(25)26)23(24,2)3/h4-13,19-20H,1H2,2-3H3,(H,28,29)/t19-,20-,24+/m0/s1. The highest BCUT2D eigenvalue weighted by Gasteiger charge is 2.78. The van der Waals surface area contributed by atoms with Crippen LogP contribution in [0.3, 0.4) is 0 Å². The van der Waals surface area contributed by atoms with Gasteiger partial charge >= 0.3 is 5.97 Å². The Morgan fingerprint density at radius 2 is 1.79 bits per heavy atom. The van der Waals surface area contributed by atoms with Crippen LogP contribution in [0.2, 0.25) is 0 Å². The number of carboxylic acids is 1. The first-order valence-electron chi connectivity index (χ1n) is 9.18. The lowest BCUT2D eigenvalue weighted by atomic mass is 9.78. The van der Waals surface area contributed by atoms with Crippen molar-refractivity contribution in [2.75, 3.05) is 0 Å². The van der Waals surface area contributed by atoms with Gasteiger partial charge in [-0.3, -0.25) is 4.79 Å². The van der Waals surface area contributed by atoms with E-state index in [9.17, 15) is 15.2 Å². The first kappa shape index (κ1) is 21.5. The summed E-state index contributed by atoms with van der Waals surface area (Å²) >= 11 is 6.68. The second-order valence-corrected chi connectivity index (χ2v) is 10.6. The Labute approximate surface area is 188 Å². The van der Waals surface area contributed by atoms with Gasteiger partial charge in [0.15, 0.2) is 0 Å². The minimum absolute atomic E-state index is 0.285. The van der Waals surface area contributed by atoms with Crippen molar-refractivity contribution < 1.29 is 9.90 Å². The van der Waals surface area contributed by atoms with Crippen LogP contribution in [0, 0.1) is 28.1 Å². The molecular formula is C24H21Br2NO2. The van der Waals surface area contributed by atoms with Crippen molar-refractivity contribution in [3.63, 3.8) is 0 Å². The summed E-state index contributed by atoms with van der Waals surface area (Å²) in [5.74, 6) is -2.03. The molecule has 2 aromatic rings. The zero-order valence-corrected chi connectivity index (χ0v) is 19.4. The van der Waals surface area contributed by atoms with E-state index in [4.69, 9.17) is 0 Å². The minimum Gasteiger partial charge on any atom is -0.481 e. The van der Waals surface area contributed by atoms with Gasteiger partial charge in [0.1, 0.15) is 5.41 Å². The normalized spacial score (nSPS) is 22.8. The van der Waals surface area contributed by atoms with Gasteiger partial charge in [-0.2, -0.15) is 5.26 Å². The summed E-state index contributed by atoms with van der Waals surface area (Å²) in [6, 6.07) is 19.6. The number of rotatable bonds is 6. The van der Waals surface area contributed by atoms with Crippen molar-refractivity contribution in [1.29, 1.82) is 5.26 Å². The van der Waals surface area contributed by atoms with Gasteiger partial charge in [-0.25, -0.2) is 0 Å². The SMILES string of the molecule is C=C(c1ccccc1)c1cccc([C@H](C#N)[C@]2(C(=O)O)[C@@H](C=C(Br)Br)C2(C)C)c1. The number of nitrogens with zero attached hydrogens (tertiary/aromatic N) is 1. The lowest BCUT2D eigenvalue weighted by Gasteiger charge is -2.22. The smallest absolute Gasteiger partial charge is 0.312 e. The summed E-state index contributed by atoms with van der Waals surface area (Å²) in [5.41, 5.74) is 1.62. The van der Waals surface area contributed by atoms with Crippen LogP contribution in [0.5, 0.6) is 0 Å². The summed E-state index contributed by atoms with van der Waals surface area (Å²) in [6.45, 7) is 8.01. The molecular weight excluding hydrogens is 494 g/mol. The Morgan fingerprint density at radius 1 is 1.17 bits per heavy atom. The van der Waals surface area contributed by atoms with E-state index in [-0.39, 0.29) is 5.92 Å². The van der Waals surface area contributed by atoms with Crippen molar-refractivity contribution in [2.24, 2.45) is 16.7 Å². The minimum atomic E-state index is -1.21. The fourth-order valence-electron chi connectivity index (χ4n) is 4.54. The molecule has 1 saturated carbocycles. The zero-order chi connectivity index (χ0) is 21.4. The maximum atomic E-state index is 12.5. The third-order valence-corrected chi connectivity index (χ3v) is 6.70. The summed E-state index contributed by atoms with van der Waals surface area (Å²) in [6.07, 6.45) is 1.84. The highest BCUT2D eigenvalue weighted by Crippen LogP contribution is 2.75. The van der Waals surface area contributed by atoms with E-state index in [1.165, 1.54) is 0 Å². The van der Waals surface area contributed by atoms with E-state index in [0.717, 1.165) is 16.7 Å². The number of benzene rings is 2. The Kier molecular flexibility index (Phi) is 5.89. The van der Waals surface area contributed by atoms with Gasteiger partial charge in [0, 0.05) is 5.92 Å². The van der Waals surface area contributed by atoms with Crippen LogP contribution < -0.4 is 0 Å². The van der Waals surface area contributed by atoms with Gasteiger partial charge in [-0.05, 0) is 65.6 Å². The lowest BCUT2D eigenvalue weighted by Crippen LogP contribution is -2.28. The van der Waals surface area contributed by atoms with Crippen molar-refractivity contribution in [2.45, 2.75) is 19.8 Å². The molecule has 0 unspecified atom stereocenters.